The van der Waals surface area contributed by atoms with E-state index >= 15 is 0 Å². The summed E-state index contributed by atoms with van der Waals surface area (Å²) in [6.07, 6.45) is 0. The van der Waals surface area contributed by atoms with Crippen molar-refractivity contribution in [1.29, 1.82) is 0 Å². The summed E-state index contributed by atoms with van der Waals surface area (Å²) >= 11 is 8.17. The molecule has 0 heterocycles. The van der Waals surface area contributed by atoms with Crippen LogP contribution in [0.2, 0.25) is 0 Å². The smallest absolute Gasteiger partial charge is 0.436 e. The molecule has 70 valence electrons. The van der Waals surface area contributed by atoms with E-state index in [1.807, 2.05) is 11.5 Å². The quantitative estimate of drug-likeness (QED) is 0.149. The van der Waals surface area contributed by atoms with Crippen LogP contribution in [0.5, 0.6) is 0 Å². The number of hydrogen-bond donors (Lipinski definition) is 2. The number of nitrogens with two attached hydrogens (primary N) is 1. The van der Waals surface area contributed by atoms with Crippen molar-refractivity contribution >= 4 is 35.5 Å². The van der Waals surface area contributed by atoms with E-state index in [2.05, 4.69) is 24.8 Å². The van der Waals surface area contributed by atoms with Crippen molar-refractivity contribution in [1.82, 2.24) is 5.43 Å². The first-order valence-electron chi connectivity index (χ1n) is 3.37. The molecule has 1 amide bonds. The fourth-order valence-electron chi connectivity index (χ4n) is 0.673. The molecule has 0 fully saturated rings. The fourth-order valence-corrected chi connectivity index (χ4v) is 0.673. The summed E-state index contributed by atoms with van der Waals surface area (Å²) in [5.41, 5.74) is 2.62. The van der Waals surface area contributed by atoms with Gasteiger partial charge in [-0.2, -0.15) is 4.70 Å². The number of hydrogen-bond acceptors (Lipinski definition) is 4. The van der Waals surface area contributed by atoms with E-state index in [1.165, 1.54) is 4.70 Å². The topological polar surface area (TPSA) is 55.1 Å². The Morgan fingerprint density at radius 1 is 1.43 bits per heavy atom. The van der Waals surface area contributed by atoms with Crippen LogP contribution in [0.25, 0.3) is 0 Å². The zero-order valence-corrected chi connectivity index (χ0v) is 12.5. The van der Waals surface area contributed by atoms with Gasteiger partial charge in [0.2, 0.25) is 0 Å². The van der Waals surface area contributed by atoms with Crippen LogP contribution < -0.4 is 62.7 Å². The second-order valence-electron chi connectivity index (χ2n) is 1.94. The Labute approximate surface area is 137 Å². The van der Waals surface area contributed by atoms with Crippen LogP contribution >= 0.6 is 12.2 Å². The van der Waals surface area contributed by atoms with E-state index in [9.17, 15) is 4.79 Å². The summed E-state index contributed by atoms with van der Waals surface area (Å²) in [5, 5.41) is 0. The molecule has 1 aromatic carbocycles. The molecule has 0 spiro atoms. The van der Waals surface area contributed by atoms with Crippen molar-refractivity contribution in [3.05, 3.63) is 35.9 Å². The monoisotopic (exact) mass is 252 g/mol. The molecular formula is C8H9KN2OS2. The molecule has 0 aliphatic rings. The minimum atomic E-state index is -0.263. The summed E-state index contributed by atoms with van der Waals surface area (Å²) in [6, 6.07) is 8.80. The Morgan fingerprint density at radius 2 is 1.86 bits per heavy atom. The van der Waals surface area contributed by atoms with Gasteiger partial charge in [0.15, 0.2) is 0 Å². The molecule has 0 radical (unpaired) electrons. The minimum Gasteiger partial charge on any atom is -0.436 e. The molecule has 0 atom stereocenters. The molecular weight excluding hydrogens is 243 g/mol. The van der Waals surface area contributed by atoms with Crippen molar-refractivity contribution in [2.24, 2.45) is 5.84 Å². The van der Waals surface area contributed by atoms with Gasteiger partial charge in [-0.15, -0.1) is 0 Å². The number of carbonyl (C=O) groups is 1. The Balaban J connectivity index is 0. The second kappa shape index (κ2) is 11.7. The van der Waals surface area contributed by atoms with E-state index in [1.54, 1.807) is 24.3 Å². The van der Waals surface area contributed by atoms with Crippen LogP contribution in [0.4, 0.5) is 0 Å². The van der Waals surface area contributed by atoms with E-state index in [0.29, 0.717) is 5.56 Å². The van der Waals surface area contributed by atoms with Crippen LogP contribution in [-0.4, -0.2) is 10.6 Å². The Bertz CT molecular complexity index is 269. The van der Waals surface area contributed by atoms with Gasteiger partial charge in [-0.1, -0.05) is 18.2 Å². The van der Waals surface area contributed by atoms with Gasteiger partial charge in [0.25, 0.3) is 5.91 Å². The molecule has 6 heteroatoms. The predicted octanol–water partition coefficient (Wildman–Crippen LogP) is -2.22. The summed E-state index contributed by atoms with van der Waals surface area (Å²) in [7, 11) is 0. The van der Waals surface area contributed by atoms with Crippen molar-refractivity contribution in [2.45, 2.75) is 0 Å². The first kappa shape index (κ1) is 17.0. The summed E-state index contributed by atoms with van der Waals surface area (Å²) in [6.45, 7) is 0. The zero-order valence-electron chi connectivity index (χ0n) is 7.77. The number of thiocarbonyl (C=S) groups is 1. The summed E-state index contributed by atoms with van der Waals surface area (Å²) < 4.78 is 1.17. The van der Waals surface area contributed by atoms with Crippen molar-refractivity contribution in [2.75, 3.05) is 0 Å². The molecule has 0 saturated heterocycles. The Kier molecular flexibility index (Phi) is 14.2. The van der Waals surface area contributed by atoms with Gasteiger partial charge >= 0.3 is 51.4 Å². The molecule has 0 saturated carbocycles. The number of nitrogen functional groups attached to an aromatic ring is 1. The molecule has 0 aliphatic carbocycles. The predicted molar refractivity (Wildman–Crippen MR) is 59.1 cm³/mol. The standard InChI is InChI=1S/C7H8N2O.CH2S2.K/c8-9-7(10)6-4-2-1-3-5-6;2-1-3;/h1-5H,8H2,(H,9,10);1H,(H,2,3);/q;;+1/p-1. The van der Waals surface area contributed by atoms with Crippen LogP contribution in [0, 0.1) is 0 Å². The van der Waals surface area contributed by atoms with Gasteiger partial charge in [0.1, 0.15) is 0 Å². The summed E-state index contributed by atoms with van der Waals surface area (Å²) in [5.74, 6) is 4.64. The number of hydrazine groups is 1. The molecule has 1 aromatic rings. The molecule has 0 bridgehead atoms. The second-order valence-corrected chi connectivity index (χ2v) is 2.71. The normalized spacial score (nSPS) is 7.21. The third-order valence-electron chi connectivity index (χ3n) is 1.17. The maximum atomic E-state index is 10.8. The molecule has 0 aliphatic heterocycles. The van der Waals surface area contributed by atoms with E-state index in [-0.39, 0.29) is 57.3 Å². The Morgan fingerprint density at radius 3 is 2.21 bits per heavy atom. The van der Waals surface area contributed by atoms with Gasteiger partial charge < -0.3 is 24.8 Å². The van der Waals surface area contributed by atoms with Crippen LogP contribution in [-0.2, 0) is 12.6 Å². The van der Waals surface area contributed by atoms with E-state index in [0.717, 1.165) is 0 Å². The molecule has 3 nitrogen and oxygen atoms in total. The number of amides is 1. The van der Waals surface area contributed by atoms with Gasteiger partial charge in [-0.25, -0.2) is 5.84 Å². The first-order chi connectivity index (χ1) is 6.26. The van der Waals surface area contributed by atoms with Gasteiger partial charge in [-0.05, 0) is 12.1 Å². The zero-order chi connectivity index (χ0) is 10.1. The minimum absolute atomic E-state index is 0. The van der Waals surface area contributed by atoms with Crippen LogP contribution in [0.15, 0.2) is 30.3 Å². The maximum Gasteiger partial charge on any atom is 1.00 e. The van der Waals surface area contributed by atoms with Crippen LogP contribution in [0.1, 0.15) is 10.4 Å². The molecule has 14 heavy (non-hydrogen) atoms. The van der Waals surface area contributed by atoms with Crippen LogP contribution in [0.3, 0.4) is 0 Å². The number of benzene rings is 1. The number of nitrogens with one attached hydrogen (secondary N) is 1. The largest absolute Gasteiger partial charge is 1.00 e. The summed E-state index contributed by atoms with van der Waals surface area (Å²) in [4.78, 5) is 10.8. The van der Waals surface area contributed by atoms with Gasteiger partial charge in [0.05, 0.1) is 0 Å². The van der Waals surface area contributed by atoms with Crippen molar-refractivity contribution in [3.8, 4) is 0 Å². The molecule has 0 aromatic heterocycles. The van der Waals surface area contributed by atoms with E-state index in [4.69, 9.17) is 5.84 Å². The SMILES string of the molecule is NNC(=O)c1ccccc1.S=C[S-].[K+]. The van der Waals surface area contributed by atoms with E-state index < -0.39 is 0 Å². The fraction of sp³-hybridized carbons (Fsp3) is 0. The van der Waals surface area contributed by atoms with Crippen molar-refractivity contribution < 1.29 is 56.2 Å². The Hall–Kier alpha value is 0.596. The molecule has 0 unspecified atom stereocenters. The van der Waals surface area contributed by atoms with Gasteiger partial charge in [-0.3, -0.25) is 10.2 Å². The average Bonchev–Trinajstić information content (AvgIpc) is 2.19. The third kappa shape index (κ3) is 7.95. The van der Waals surface area contributed by atoms with Gasteiger partial charge in [0, 0.05) is 5.56 Å². The van der Waals surface area contributed by atoms with Crippen molar-refractivity contribution in [3.63, 3.8) is 0 Å². The first-order valence-corrected chi connectivity index (χ1v) is 4.32. The maximum absolute atomic E-state index is 10.8. The molecule has 1 rings (SSSR count). The third-order valence-corrected chi connectivity index (χ3v) is 1.17. The molecule has 3 N–H and O–H groups in total. The number of carbonyl (C=O) groups excluding carboxylic acids is 1. The number of rotatable bonds is 1. The average molecular weight is 252 g/mol.